The average molecular weight is 289 g/mol. The van der Waals surface area contributed by atoms with Crippen molar-refractivity contribution in [2.24, 2.45) is 0 Å². The van der Waals surface area contributed by atoms with Crippen molar-refractivity contribution in [3.8, 4) is 0 Å². The fourth-order valence-electron chi connectivity index (χ4n) is 3.27. The number of nitrogens with zero attached hydrogens (tertiary/aromatic N) is 2. The van der Waals surface area contributed by atoms with Gasteiger partial charge in [0.1, 0.15) is 0 Å². The van der Waals surface area contributed by atoms with Crippen LogP contribution in [0.15, 0.2) is 24.3 Å². The van der Waals surface area contributed by atoms with Crippen LogP contribution in [0.3, 0.4) is 0 Å². The molecule has 1 fully saturated rings. The predicted octanol–water partition coefficient (Wildman–Crippen LogP) is 2.10. The van der Waals surface area contributed by atoms with Gasteiger partial charge in [-0.15, -0.1) is 0 Å². The lowest BCUT2D eigenvalue weighted by atomic mass is 10.1. The van der Waals surface area contributed by atoms with Crippen LogP contribution < -0.4 is 15.1 Å². The Balaban J connectivity index is 1.46. The SMILES string of the molecule is CN1CCN(CCCOC2CCNCC2)c2ccccc21. The van der Waals surface area contributed by atoms with Crippen molar-refractivity contribution < 1.29 is 4.74 Å². The molecular formula is C17H27N3O. The second-order valence-corrected chi connectivity index (χ2v) is 6.07. The fourth-order valence-corrected chi connectivity index (χ4v) is 3.27. The van der Waals surface area contributed by atoms with Gasteiger partial charge >= 0.3 is 0 Å². The average Bonchev–Trinajstić information content (AvgIpc) is 2.55. The molecule has 1 N–H and O–H groups in total. The van der Waals surface area contributed by atoms with E-state index in [0.717, 1.165) is 58.6 Å². The van der Waals surface area contributed by atoms with E-state index in [4.69, 9.17) is 4.74 Å². The minimum absolute atomic E-state index is 0.478. The summed E-state index contributed by atoms with van der Waals surface area (Å²) < 4.78 is 6.01. The number of ether oxygens (including phenoxy) is 1. The molecule has 21 heavy (non-hydrogen) atoms. The van der Waals surface area contributed by atoms with Gasteiger partial charge in [0.25, 0.3) is 0 Å². The number of anilines is 2. The van der Waals surface area contributed by atoms with Crippen molar-refractivity contribution in [3.63, 3.8) is 0 Å². The number of fused-ring (bicyclic) bond motifs is 1. The number of hydrogen-bond donors (Lipinski definition) is 1. The summed E-state index contributed by atoms with van der Waals surface area (Å²) in [6.45, 7) is 6.41. The summed E-state index contributed by atoms with van der Waals surface area (Å²) in [7, 11) is 2.18. The number of hydrogen-bond acceptors (Lipinski definition) is 4. The molecule has 0 amide bonds. The molecule has 0 bridgehead atoms. The number of piperidine rings is 1. The van der Waals surface area contributed by atoms with E-state index in [9.17, 15) is 0 Å². The number of likely N-dealkylation sites (N-methyl/N-ethyl adjacent to an activating group) is 1. The Hall–Kier alpha value is -1.26. The Morgan fingerprint density at radius 2 is 1.90 bits per heavy atom. The quantitative estimate of drug-likeness (QED) is 0.840. The molecule has 0 atom stereocenters. The van der Waals surface area contributed by atoms with Crippen LogP contribution in [-0.4, -0.2) is 52.5 Å². The normalized spacial score (nSPS) is 19.7. The molecule has 2 aliphatic rings. The van der Waals surface area contributed by atoms with E-state index < -0.39 is 0 Å². The minimum atomic E-state index is 0.478. The molecule has 1 aromatic carbocycles. The second kappa shape index (κ2) is 7.14. The molecule has 0 saturated carbocycles. The zero-order chi connectivity index (χ0) is 14.5. The van der Waals surface area contributed by atoms with Gasteiger partial charge in [0.15, 0.2) is 0 Å². The van der Waals surface area contributed by atoms with E-state index in [-0.39, 0.29) is 0 Å². The van der Waals surface area contributed by atoms with Crippen LogP contribution in [0.4, 0.5) is 11.4 Å². The van der Waals surface area contributed by atoms with Crippen molar-refractivity contribution in [1.29, 1.82) is 0 Å². The van der Waals surface area contributed by atoms with Crippen LogP contribution in [0.2, 0.25) is 0 Å². The van der Waals surface area contributed by atoms with Gasteiger partial charge in [-0.3, -0.25) is 0 Å². The van der Waals surface area contributed by atoms with E-state index in [0.29, 0.717) is 6.10 Å². The number of nitrogens with one attached hydrogen (secondary N) is 1. The molecule has 4 nitrogen and oxygen atoms in total. The monoisotopic (exact) mass is 289 g/mol. The Morgan fingerprint density at radius 3 is 2.71 bits per heavy atom. The molecule has 0 radical (unpaired) electrons. The summed E-state index contributed by atoms with van der Waals surface area (Å²) in [5, 5.41) is 3.38. The van der Waals surface area contributed by atoms with Crippen molar-refractivity contribution in [2.45, 2.75) is 25.4 Å². The zero-order valence-electron chi connectivity index (χ0n) is 13.1. The molecule has 1 aromatic rings. The van der Waals surface area contributed by atoms with Crippen LogP contribution in [0, 0.1) is 0 Å². The van der Waals surface area contributed by atoms with Crippen molar-refractivity contribution in [1.82, 2.24) is 5.32 Å². The molecule has 1 saturated heterocycles. The fraction of sp³-hybridized carbons (Fsp3) is 0.647. The number of para-hydroxylation sites is 2. The maximum atomic E-state index is 6.01. The van der Waals surface area contributed by atoms with Crippen LogP contribution in [-0.2, 0) is 4.74 Å². The third kappa shape index (κ3) is 3.69. The van der Waals surface area contributed by atoms with Crippen LogP contribution >= 0.6 is 0 Å². The highest BCUT2D eigenvalue weighted by atomic mass is 16.5. The van der Waals surface area contributed by atoms with Crippen LogP contribution in [0.25, 0.3) is 0 Å². The van der Waals surface area contributed by atoms with E-state index >= 15 is 0 Å². The van der Waals surface area contributed by atoms with Gasteiger partial charge in [-0.05, 0) is 44.5 Å². The molecule has 116 valence electrons. The van der Waals surface area contributed by atoms with Gasteiger partial charge in [0.05, 0.1) is 17.5 Å². The first-order chi connectivity index (χ1) is 10.3. The standard InChI is InChI=1S/C17H27N3O/c1-19-12-13-20(17-6-3-2-5-16(17)19)11-4-14-21-15-7-9-18-10-8-15/h2-3,5-6,15,18H,4,7-14H2,1H3. The van der Waals surface area contributed by atoms with Gasteiger partial charge in [-0.2, -0.15) is 0 Å². The predicted molar refractivity (Wildman–Crippen MR) is 88.4 cm³/mol. The number of rotatable bonds is 5. The largest absolute Gasteiger partial charge is 0.378 e. The third-order valence-electron chi connectivity index (χ3n) is 4.55. The molecule has 0 unspecified atom stereocenters. The van der Waals surface area contributed by atoms with Crippen molar-refractivity contribution in [2.75, 3.05) is 56.2 Å². The molecule has 0 spiro atoms. The smallest absolute Gasteiger partial charge is 0.0604 e. The summed E-state index contributed by atoms with van der Waals surface area (Å²) in [6.07, 6.45) is 3.92. The first-order valence-corrected chi connectivity index (χ1v) is 8.22. The third-order valence-corrected chi connectivity index (χ3v) is 4.55. The van der Waals surface area contributed by atoms with Crippen LogP contribution in [0.1, 0.15) is 19.3 Å². The maximum Gasteiger partial charge on any atom is 0.0604 e. The highest BCUT2D eigenvalue weighted by Crippen LogP contribution is 2.31. The van der Waals surface area contributed by atoms with Gasteiger partial charge in [0, 0.05) is 33.3 Å². The minimum Gasteiger partial charge on any atom is -0.378 e. The summed E-state index contributed by atoms with van der Waals surface area (Å²) >= 11 is 0. The van der Waals surface area contributed by atoms with E-state index in [1.165, 1.54) is 11.4 Å². The molecule has 4 heteroatoms. The Morgan fingerprint density at radius 1 is 1.14 bits per heavy atom. The Labute approximate surface area is 128 Å². The maximum absolute atomic E-state index is 6.01. The first-order valence-electron chi connectivity index (χ1n) is 8.22. The highest BCUT2D eigenvalue weighted by Gasteiger charge is 2.19. The molecule has 0 aromatic heterocycles. The first kappa shape index (κ1) is 14.7. The Bertz CT molecular complexity index is 445. The highest BCUT2D eigenvalue weighted by molar-refractivity contribution is 5.72. The lowest BCUT2D eigenvalue weighted by Gasteiger charge is -2.37. The number of benzene rings is 1. The summed E-state index contributed by atoms with van der Waals surface area (Å²) in [6, 6.07) is 8.71. The van der Waals surface area contributed by atoms with Crippen LogP contribution in [0.5, 0.6) is 0 Å². The van der Waals surface area contributed by atoms with Gasteiger partial charge in [-0.25, -0.2) is 0 Å². The second-order valence-electron chi connectivity index (χ2n) is 6.07. The van der Waals surface area contributed by atoms with E-state index in [2.05, 4.69) is 46.4 Å². The summed E-state index contributed by atoms with van der Waals surface area (Å²) in [5.74, 6) is 0. The molecular weight excluding hydrogens is 262 g/mol. The topological polar surface area (TPSA) is 27.7 Å². The van der Waals surface area contributed by atoms with Gasteiger partial charge in [-0.1, -0.05) is 12.1 Å². The van der Waals surface area contributed by atoms with E-state index in [1.54, 1.807) is 0 Å². The van der Waals surface area contributed by atoms with Gasteiger partial charge in [0.2, 0.25) is 0 Å². The van der Waals surface area contributed by atoms with Crippen molar-refractivity contribution in [3.05, 3.63) is 24.3 Å². The Kier molecular flexibility index (Phi) is 4.99. The lowest BCUT2D eigenvalue weighted by molar-refractivity contribution is 0.0324. The lowest BCUT2D eigenvalue weighted by Crippen LogP contribution is -2.40. The molecule has 0 aliphatic carbocycles. The molecule has 2 heterocycles. The van der Waals surface area contributed by atoms with E-state index in [1.807, 2.05) is 0 Å². The molecule has 2 aliphatic heterocycles. The molecule has 3 rings (SSSR count). The zero-order valence-corrected chi connectivity index (χ0v) is 13.1. The summed E-state index contributed by atoms with van der Waals surface area (Å²) in [4.78, 5) is 4.85. The van der Waals surface area contributed by atoms with Crippen molar-refractivity contribution >= 4 is 11.4 Å². The summed E-state index contributed by atoms with van der Waals surface area (Å²) in [5.41, 5.74) is 2.72. The van der Waals surface area contributed by atoms with Gasteiger partial charge < -0.3 is 19.9 Å².